The lowest BCUT2D eigenvalue weighted by atomic mass is 10.0. The van der Waals surface area contributed by atoms with Gasteiger partial charge in [0.2, 0.25) is 0 Å². The predicted octanol–water partition coefficient (Wildman–Crippen LogP) is 1.62. The summed E-state index contributed by atoms with van der Waals surface area (Å²) in [4.78, 5) is 13.7. The highest BCUT2D eigenvalue weighted by molar-refractivity contribution is 5.67. The van der Waals surface area contributed by atoms with Crippen LogP contribution in [0.5, 0.6) is 0 Å². The molecule has 0 aliphatic carbocycles. The van der Waals surface area contributed by atoms with Gasteiger partial charge in [-0.3, -0.25) is 4.90 Å². The molecule has 1 unspecified atom stereocenters. The van der Waals surface area contributed by atoms with Gasteiger partial charge in [-0.1, -0.05) is 0 Å². The molecule has 1 saturated heterocycles. The SMILES string of the molecule is CC(C)OC(=O)NCC1CN(C(C)(C)C)CCO1. The van der Waals surface area contributed by atoms with Crippen LogP contribution in [0.2, 0.25) is 0 Å². The van der Waals surface area contributed by atoms with Crippen LogP contribution in [-0.2, 0) is 9.47 Å². The maximum Gasteiger partial charge on any atom is 0.407 e. The van der Waals surface area contributed by atoms with Crippen molar-refractivity contribution in [1.82, 2.24) is 10.2 Å². The zero-order valence-electron chi connectivity index (χ0n) is 12.2. The molecule has 0 bridgehead atoms. The molecule has 0 aromatic rings. The summed E-state index contributed by atoms with van der Waals surface area (Å²) in [6.07, 6.45) is -0.428. The van der Waals surface area contributed by atoms with Gasteiger partial charge in [0, 0.05) is 25.2 Å². The fourth-order valence-corrected chi connectivity index (χ4v) is 1.91. The molecule has 1 amide bonds. The van der Waals surface area contributed by atoms with Gasteiger partial charge in [-0.25, -0.2) is 4.79 Å². The van der Waals surface area contributed by atoms with Crippen molar-refractivity contribution in [2.45, 2.75) is 52.4 Å². The van der Waals surface area contributed by atoms with Gasteiger partial charge in [-0.2, -0.15) is 0 Å². The van der Waals surface area contributed by atoms with Crippen LogP contribution in [0.4, 0.5) is 4.79 Å². The first-order valence-corrected chi connectivity index (χ1v) is 6.60. The topological polar surface area (TPSA) is 50.8 Å². The van der Waals surface area contributed by atoms with E-state index in [1.807, 2.05) is 13.8 Å². The Balaban J connectivity index is 2.32. The fourth-order valence-electron chi connectivity index (χ4n) is 1.91. The molecule has 1 aliphatic heterocycles. The number of nitrogens with one attached hydrogen (secondary N) is 1. The van der Waals surface area contributed by atoms with Gasteiger partial charge in [0.05, 0.1) is 18.8 Å². The summed E-state index contributed by atoms with van der Waals surface area (Å²) >= 11 is 0. The molecule has 5 heteroatoms. The first-order chi connectivity index (χ1) is 8.29. The van der Waals surface area contributed by atoms with E-state index in [0.717, 1.165) is 13.1 Å². The van der Waals surface area contributed by atoms with Crippen LogP contribution in [-0.4, -0.2) is 55.0 Å². The summed E-state index contributed by atoms with van der Waals surface area (Å²) in [7, 11) is 0. The van der Waals surface area contributed by atoms with Gasteiger partial charge in [-0.05, 0) is 34.6 Å². The third-order valence-corrected chi connectivity index (χ3v) is 2.90. The highest BCUT2D eigenvalue weighted by Crippen LogP contribution is 2.17. The molecule has 0 aromatic carbocycles. The molecule has 0 spiro atoms. The van der Waals surface area contributed by atoms with E-state index < -0.39 is 0 Å². The van der Waals surface area contributed by atoms with Crippen molar-refractivity contribution in [3.05, 3.63) is 0 Å². The second kappa shape index (κ2) is 6.38. The number of morpholine rings is 1. The summed E-state index contributed by atoms with van der Waals surface area (Å²) < 4.78 is 10.7. The average Bonchev–Trinajstić information content (AvgIpc) is 2.25. The summed E-state index contributed by atoms with van der Waals surface area (Å²) in [5.41, 5.74) is 0.139. The number of hydrogen-bond acceptors (Lipinski definition) is 4. The van der Waals surface area contributed by atoms with Crippen LogP contribution in [0.1, 0.15) is 34.6 Å². The third-order valence-electron chi connectivity index (χ3n) is 2.90. The normalized spacial score (nSPS) is 22.0. The van der Waals surface area contributed by atoms with Crippen LogP contribution in [0.15, 0.2) is 0 Å². The van der Waals surface area contributed by atoms with Crippen LogP contribution in [0, 0.1) is 0 Å². The van der Waals surface area contributed by atoms with Crippen molar-refractivity contribution >= 4 is 6.09 Å². The molecule has 106 valence electrons. The van der Waals surface area contributed by atoms with Crippen LogP contribution < -0.4 is 5.32 Å². The first kappa shape index (κ1) is 15.2. The molecule has 0 radical (unpaired) electrons. The molecule has 1 heterocycles. The van der Waals surface area contributed by atoms with Crippen molar-refractivity contribution in [2.24, 2.45) is 0 Å². The number of carbonyl (C=O) groups excluding carboxylic acids is 1. The largest absolute Gasteiger partial charge is 0.447 e. The number of ether oxygens (including phenoxy) is 2. The van der Waals surface area contributed by atoms with E-state index >= 15 is 0 Å². The summed E-state index contributed by atoms with van der Waals surface area (Å²) in [5.74, 6) is 0. The van der Waals surface area contributed by atoms with E-state index in [2.05, 4.69) is 31.0 Å². The average molecular weight is 258 g/mol. The van der Waals surface area contributed by atoms with Gasteiger partial charge in [-0.15, -0.1) is 0 Å². The maximum absolute atomic E-state index is 11.4. The Bertz CT molecular complexity index is 274. The molecule has 5 nitrogen and oxygen atoms in total. The van der Waals surface area contributed by atoms with E-state index in [1.54, 1.807) is 0 Å². The molecule has 0 saturated carbocycles. The van der Waals surface area contributed by atoms with Crippen molar-refractivity contribution in [3.8, 4) is 0 Å². The number of hydrogen-bond donors (Lipinski definition) is 1. The van der Waals surface area contributed by atoms with Crippen molar-refractivity contribution in [1.29, 1.82) is 0 Å². The second-order valence-electron chi connectivity index (χ2n) is 5.94. The van der Waals surface area contributed by atoms with E-state index in [1.165, 1.54) is 0 Å². The van der Waals surface area contributed by atoms with Crippen LogP contribution in [0.3, 0.4) is 0 Å². The Morgan fingerprint density at radius 2 is 2.17 bits per heavy atom. The maximum atomic E-state index is 11.4. The smallest absolute Gasteiger partial charge is 0.407 e. The first-order valence-electron chi connectivity index (χ1n) is 6.60. The second-order valence-corrected chi connectivity index (χ2v) is 5.94. The molecular weight excluding hydrogens is 232 g/mol. The van der Waals surface area contributed by atoms with Gasteiger partial charge in [0.25, 0.3) is 0 Å². The number of amides is 1. The van der Waals surface area contributed by atoms with Crippen LogP contribution in [0.25, 0.3) is 0 Å². The monoisotopic (exact) mass is 258 g/mol. The minimum atomic E-state index is -0.374. The van der Waals surface area contributed by atoms with Gasteiger partial charge >= 0.3 is 6.09 Å². The number of nitrogens with zero attached hydrogens (tertiary/aromatic N) is 1. The predicted molar refractivity (Wildman–Crippen MR) is 70.7 cm³/mol. The Morgan fingerprint density at radius 3 is 2.72 bits per heavy atom. The van der Waals surface area contributed by atoms with E-state index in [4.69, 9.17) is 9.47 Å². The van der Waals surface area contributed by atoms with Crippen molar-refractivity contribution in [3.63, 3.8) is 0 Å². The lowest BCUT2D eigenvalue weighted by molar-refractivity contribution is -0.0563. The summed E-state index contributed by atoms with van der Waals surface area (Å²) in [6.45, 7) is 13.2. The zero-order chi connectivity index (χ0) is 13.8. The quantitative estimate of drug-likeness (QED) is 0.836. The summed E-state index contributed by atoms with van der Waals surface area (Å²) in [5, 5.41) is 2.74. The minimum Gasteiger partial charge on any atom is -0.447 e. The fraction of sp³-hybridized carbons (Fsp3) is 0.923. The van der Waals surface area contributed by atoms with Gasteiger partial charge in [0.15, 0.2) is 0 Å². The van der Waals surface area contributed by atoms with E-state index in [9.17, 15) is 4.79 Å². The Kier molecular flexibility index (Phi) is 5.41. The number of rotatable bonds is 3. The highest BCUT2D eigenvalue weighted by atomic mass is 16.6. The Morgan fingerprint density at radius 1 is 1.50 bits per heavy atom. The molecule has 1 aliphatic rings. The molecule has 1 N–H and O–H groups in total. The van der Waals surface area contributed by atoms with Gasteiger partial charge < -0.3 is 14.8 Å². The molecular formula is C13H26N2O3. The standard InChI is InChI=1S/C13H26N2O3/c1-10(2)18-12(16)14-8-11-9-15(6-7-17-11)13(3,4)5/h10-11H,6-9H2,1-5H3,(H,14,16). The lowest BCUT2D eigenvalue weighted by Gasteiger charge is -2.41. The Hall–Kier alpha value is -0.810. The zero-order valence-corrected chi connectivity index (χ0v) is 12.2. The Labute approximate surface area is 110 Å². The van der Waals surface area contributed by atoms with E-state index in [0.29, 0.717) is 13.2 Å². The van der Waals surface area contributed by atoms with E-state index in [-0.39, 0.29) is 23.8 Å². The lowest BCUT2D eigenvalue weighted by Crippen LogP contribution is -2.54. The molecule has 0 aromatic heterocycles. The van der Waals surface area contributed by atoms with Crippen LogP contribution >= 0.6 is 0 Å². The molecule has 1 atom stereocenters. The molecule has 1 rings (SSSR count). The molecule has 18 heavy (non-hydrogen) atoms. The number of carbonyl (C=O) groups is 1. The number of alkyl carbamates (subject to hydrolysis) is 1. The third kappa shape index (κ3) is 5.23. The van der Waals surface area contributed by atoms with Crippen molar-refractivity contribution in [2.75, 3.05) is 26.2 Å². The van der Waals surface area contributed by atoms with Crippen molar-refractivity contribution < 1.29 is 14.3 Å². The minimum absolute atomic E-state index is 0.0395. The highest BCUT2D eigenvalue weighted by Gasteiger charge is 2.28. The molecule has 1 fully saturated rings. The van der Waals surface area contributed by atoms with Gasteiger partial charge in [0.1, 0.15) is 0 Å². The summed E-state index contributed by atoms with van der Waals surface area (Å²) in [6, 6.07) is 0.